The molecule has 0 aliphatic rings. The first-order chi connectivity index (χ1) is 8.84. The number of nitrogens with zero attached hydrogens (tertiary/aromatic N) is 1. The van der Waals surface area contributed by atoms with Crippen LogP contribution in [0.3, 0.4) is 0 Å². The maximum Gasteiger partial charge on any atom is 0.407 e. The largest absolute Gasteiger partial charge is 0.453 e. The van der Waals surface area contributed by atoms with Gasteiger partial charge in [0.1, 0.15) is 0 Å². The van der Waals surface area contributed by atoms with Crippen molar-refractivity contribution in [2.75, 3.05) is 7.11 Å². The van der Waals surface area contributed by atoms with Gasteiger partial charge in [-0.1, -0.05) is 20.8 Å². The quantitative estimate of drug-likeness (QED) is 0.902. The normalized spacial score (nSPS) is 12.6. The van der Waals surface area contributed by atoms with Crippen LogP contribution in [0, 0.1) is 5.41 Å². The summed E-state index contributed by atoms with van der Waals surface area (Å²) in [6, 6.07) is 3.04. The molecule has 1 aromatic rings. The third-order valence-electron chi connectivity index (χ3n) is 2.72. The van der Waals surface area contributed by atoms with Crippen LogP contribution in [0.5, 0.6) is 0 Å². The number of ketones is 1. The molecule has 1 heterocycles. The van der Waals surface area contributed by atoms with Crippen molar-refractivity contribution in [3.8, 4) is 0 Å². The van der Waals surface area contributed by atoms with E-state index in [1.165, 1.54) is 7.11 Å². The molecule has 0 unspecified atom stereocenters. The minimum atomic E-state index is -0.602. The van der Waals surface area contributed by atoms with E-state index in [0.29, 0.717) is 6.42 Å². The molecule has 0 fully saturated rings. The van der Waals surface area contributed by atoms with Gasteiger partial charge in [0.05, 0.1) is 13.2 Å². The zero-order valence-electron chi connectivity index (χ0n) is 11.8. The molecule has 0 saturated heterocycles. The summed E-state index contributed by atoms with van der Waals surface area (Å²) >= 11 is 0. The molecule has 0 radical (unpaired) electrons. The summed E-state index contributed by atoms with van der Waals surface area (Å²) in [7, 11) is 1.28. The number of aromatic nitrogens is 1. The highest BCUT2D eigenvalue weighted by atomic mass is 16.5. The summed E-state index contributed by atoms with van der Waals surface area (Å²) in [6.45, 7) is 5.48. The first-order valence-electron chi connectivity index (χ1n) is 6.12. The molecule has 0 aromatic carbocycles. The number of rotatable bonds is 4. The standard InChI is InChI=1S/C14H20N2O3/c1-14(2,3)12(17)11(16-13(18)19-4)9-10-5-7-15-8-6-10/h5-8,11H,9H2,1-4H3,(H,16,18)/t11-/m0/s1. The van der Waals surface area contributed by atoms with Crippen LogP contribution in [0.15, 0.2) is 24.5 Å². The van der Waals surface area contributed by atoms with Gasteiger partial charge in [-0.15, -0.1) is 0 Å². The predicted molar refractivity (Wildman–Crippen MR) is 71.7 cm³/mol. The van der Waals surface area contributed by atoms with Crippen LogP contribution >= 0.6 is 0 Å². The van der Waals surface area contributed by atoms with E-state index in [4.69, 9.17) is 0 Å². The number of hydrogen-bond acceptors (Lipinski definition) is 4. The second-order valence-corrected chi connectivity index (χ2v) is 5.36. The molecule has 5 heteroatoms. The average molecular weight is 264 g/mol. The van der Waals surface area contributed by atoms with Crippen LogP contribution in [0.1, 0.15) is 26.3 Å². The van der Waals surface area contributed by atoms with Crippen molar-refractivity contribution >= 4 is 11.9 Å². The van der Waals surface area contributed by atoms with E-state index in [1.807, 2.05) is 32.9 Å². The Morgan fingerprint density at radius 1 is 1.32 bits per heavy atom. The Balaban J connectivity index is 2.87. The lowest BCUT2D eigenvalue weighted by atomic mass is 9.84. The lowest BCUT2D eigenvalue weighted by Crippen LogP contribution is -2.46. The second kappa shape index (κ2) is 6.31. The number of methoxy groups -OCH3 is 1. The van der Waals surface area contributed by atoms with E-state index in [-0.39, 0.29) is 5.78 Å². The predicted octanol–water partition coefficient (Wildman–Crippen LogP) is 1.96. The highest BCUT2D eigenvalue weighted by Crippen LogP contribution is 2.19. The highest BCUT2D eigenvalue weighted by Gasteiger charge is 2.31. The molecule has 0 bridgehead atoms. The average Bonchev–Trinajstić information content (AvgIpc) is 2.37. The summed E-state index contributed by atoms with van der Waals surface area (Å²) in [5, 5.41) is 2.59. The highest BCUT2D eigenvalue weighted by molar-refractivity contribution is 5.91. The number of alkyl carbamates (subject to hydrolysis) is 1. The Kier molecular flexibility index (Phi) is 5.03. The lowest BCUT2D eigenvalue weighted by Gasteiger charge is -2.25. The number of carbonyl (C=O) groups excluding carboxylic acids is 2. The van der Waals surface area contributed by atoms with Crippen molar-refractivity contribution in [3.05, 3.63) is 30.1 Å². The Bertz CT molecular complexity index is 438. The van der Waals surface area contributed by atoms with Gasteiger partial charge in [0.15, 0.2) is 5.78 Å². The Hall–Kier alpha value is -1.91. The van der Waals surface area contributed by atoms with E-state index in [9.17, 15) is 9.59 Å². The number of amides is 1. The van der Waals surface area contributed by atoms with Crippen LogP contribution in [0.2, 0.25) is 0 Å². The topological polar surface area (TPSA) is 68.3 Å². The van der Waals surface area contributed by atoms with Crippen LogP contribution < -0.4 is 5.32 Å². The van der Waals surface area contributed by atoms with E-state index >= 15 is 0 Å². The monoisotopic (exact) mass is 264 g/mol. The Labute approximate surface area is 113 Å². The fourth-order valence-corrected chi connectivity index (χ4v) is 1.69. The van der Waals surface area contributed by atoms with Crippen molar-refractivity contribution in [2.24, 2.45) is 5.41 Å². The second-order valence-electron chi connectivity index (χ2n) is 5.36. The van der Waals surface area contributed by atoms with Gasteiger partial charge >= 0.3 is 6.09 Å². The van der Waals surface area contributed by atoms with Gasteiger partial charge in [0.2, 0.25) is 0 Å². The number of hydrogen-bond donors (Lipinski definition) is 1. The van der Waals surface area contributed by atoms with E-state index in [1.54, 1.807) is 12.4 Å². The van der Waals surface area contributed by atoms with Gasteiger partial charge in [-0.3, -0.25) is 9.78 Å². The summed E-state index contributed by atoms with van der Waals surface area (Å²) in [6.07, 6.45) is 3.14. The molecule has 104 valence electrons. The maximum absolute atomic E-state index is 12.3. The molecular formula is C14H20N2O3. The van der Waals surface area contributed by atoms with Crippen LogP contribution in [0.25, 0.3) is 0 Å². The Morgan fingerprint density at radius 2 is 1.89 bits per heavy atom. The zero-order chi connectivity index (χ0) is 14.5. The van der Waals surface area contributed by atoms with Crippen LogP contribution in [-0.4, -0.2) is 30.0 Å². The first-order valence-corrected chi connectivity index (χ1v) is 6.12. The van der Waals surface area contributed by atoms with E-state index in [0.717, 1.165) is 5.56 Å². The smallest absolute Gasteiger partial charge is 0.407 e. The first kappa shape index (κ1) is 15.1. The van der Waals surface area contributed by atoms with Gasteiger partial charge in [-0.2, -0.15) is 0 Å². The number of carbonyl (C=O) groups is 2. The number of nitrogens with one attached hydrogen (secondary N) is 1. The molecular weight excluding hydrogens is 244 g/mol. The van der Waals surface area contributed by atoms with Crippen molar-refractivity contribution in [2.45, 2.75) is 33.2 Å². The number of ether oxygens (including phenoxy) is 1. The summed E-state index contributed by atoms with van der Waals surface area (Å²) in [5.74, 6) is -0.0327. The van der Waals surface area contributed by atoms with Gasteiger partial charge < -0.3 is 10.1 Å². The molecule has 5 nitrogen and oxygen atoms in total. The SMILES string of the molecule is COC(=O)N[C@@H](Cc1ccncc1)C(=O)C(C)(C)C. The Morgan fingerprint density at radius 3 is 2.37 bits per heavy atom. The molecule has 1 N–H and O–H groups in total. The zero-order valence-corrected chi connectivity index (χ0v) is 11.8. The molecule has 0 spiro atoms. The third-order valence-corrected chi connectivity index (χ3v) is 2.72. The number of pyridine rings is 1. The van der Waals surface area contributed by atoms with Crippen molar-refractivity contribution in [1.82, 2.24) is 10.3 Å². The fourth-order valence-electron chi connectivity index (χ4n) is 1.69. The summed E-state index contributed by atoms with van der Waals surface area (Å²) in [5.41, 5.74) is 0.410. The van der Waals surface area contributed by atoms with Crippen LogP contribution in [0.4, 0.5) is 4.79 Å². The third kappa shape index (κ3) is 4.69. The van der Waals surface area contributed by atoms with Crippen molar-refractivity contribution < 1.29 is 14.3 Å². The molecule has 1 aromatic heterocycles. The van der Waals surface area contributed by atoms with Crippen LogP contribution in [-0.2, 0) is 16.0 Å². The molecule has 0 aliphatic heterocycles. The molecule has 1 rings (SSSR count). The van der Waals surface area contributed by atoms with E-state index in [2.05, 4.69) is 15.0 Å². The molecule has 19 heavy (non-hydrogen) atoms. The summed E-state index contributed by atoms with van der Waals surface area (Å²) < 4.78 is 4.57. The number of Topliss-reactive ketones (excluding diaryl/α,β-unsaturated/α-hetero) is 1. The molecule has 0 aliphatic carbocycles. The molecule has 1 amide bonds. The van der Waals surface area contributed by atoms with Gasteiger partial charge in [0, 0.05) is 24.2 Å². The molecule has 0 saturated carbocycles. The summed E-state index contributed by atoms with van der Waals surface area (Å²) in [4.78, 5) is 27.6. The minimum absolute atomic E-state index is 0.0327. The fraction of sp³-hybridized carbons (Fsp3) is 0.500. The van der Waals surface area contributed by atoms with Gasteiger partial charge in [-0.05, 0) is 17.7 Å². The molecule has 1 atom stereocenters. The maximum atomic E-state index is 12.3. The minimum Gasteiger partial charge on any atom is -0.453 e. The van der Waals surface area contributed by atoms with Crippen molar-refractivity contribution in [1.29, 1.82) is 0 Å². The van der Waals surface area contributed by atoms with Crippen molar-refractivity contribution in [3.63, 3.8) is 0 Å². The lowest BCUT2D eigenvalue weighted by molar-refractivity contribution is -0.128. The van der Waals surface area contributed by atoms with E-state index < -0.39 is 17.6 Å². The van der Waals surface area contributed by atoms with Gasteiger partial charge in [-0.25, -0.2) is 4.79 Å². The van der Waals surface area contributed by atoms with Gasteiger partial charge in [0.25, 0.3) is 0 Å².